The summed E-state index contributed by atoms with van der Waals surface area (Å²) in [7, 11) is 0. The third-order valence-corrected chi connectivity index (χ3v) is 3.79. The van der Waals surface area contributed by atoms with Gasteiger partial charge in [-0.25, -0.2) is 4.79 Å². The first-order valence-electron chi connectivity index (χ1n) is 7.68. The van der Waals surface area contributed by atoms with Crippen molar-refractivity contribution in [1.82, 2.24) is 15.1 Å². The Morgan fingerprint density at radius 3 is 2.25 bits per heavy atom. The molecule has 0 bridgehead atoms. The maximum Gasteiger partial charge on any atom is 0.317 e. The molecule has 0 spiro atoms. The van der Waals surface area contributed by atoms with E-state index < -0.39 is 0 Å². The van der Waals surface area contributed by atoms with Crippen molar-refractivity contribution in [1.29, 1.82) is 0 Å². The molecule has 2 rings (SSSR count). The number of rotatable bonds is 2. The van der Waals surface area contributed by atoms with Gasteiger partial charge in [0.05, 0.1) is 0 Å². The Bertz CT molecular complexity index is 372. The second-order valence-corrected chi connectivity index (χ2v) is 7.16. The Kier molecular flexibility index (Phi) is 4.55. The zero-order valence-corrected chi connectivity index (χ0v) is 12.9. The molecular weight excluding hydrogens is 254 g/mol. The largest absolute Gasteiger partial charge is 0.341 e. The molecular formula is C15H27N3O2. The van der Waals surface area contributed by atoms with Crippen LogP contribution in [-0.4, -0.2) is 54.5 Å². The van der Waals surface area contributed by atoms with E-state index in [-0.39, 0.29) is 17.4 Å². The van der Waals surface area contributed by atoms with Gasteiger partial charge in [0.15, 0.2) is 0 Å². The van der Waals surface area contributed by atoms with Crippen LogP contribution in [0.1, 0.15) is 40.0 Å². The van der Waals surface area contributed by atoms with Crippen LogP contribution in [0.5, 0.6) is 0 Å². The molecule has 1 saturated heterocycles. The van der Waals surface area contributed by atoms with E-state index in [1.54, 1.807) is 0 Å². The second kappa shape index (κ2) is 6.02. The zero-order valence-electron chi connectivity index (χ0n) is 12.9. The van der Waals surface area contributed by atoms with Gasteiger partial charge in [-0.05, 0) is 24.7 Å². The summed E-state index contributed by atoms with van der Waals surface area (Å²) in [4.78, 5) is 28.0. The molecule has 5 nitrogen and oxygen atoms in total. The lowest BCUT2D eigenvalue weighted by Gasteiger charge is -2.25. The summed E-state index contributed by atoms with van der Waals surface area (Å²) in [6.45, 7) is 9.84. The summed E-state index contributed by atoms with van der Waals surface area (Å²) in [6.07, 6.45) is 2.97. The minimum atomic E-state index is 0.000598. The molecule has 1 N–H and O–H groups in total. The predicted octanol–water partition coefficient (Wildman–Crippen LogP) is 1.69. The van der Waals surface area contributed by atoms with Crippen molar-refractivity contribution in [3.8, 4) is 0 Å². The van der Waals surface area contributed by atoms with Crippen LogP contribution >= 0.6 is 0 Å². The fourth-order valence-corrected chi connectivity index (χ4v) is 2.38. The molecule has 2 fully saturated rings. The summed E-state index contributed by atoms with van der Waals surface area (Å²) in [5.41, 5.74) is 0.0927. The minimum absolute atomic E-state index is 0.000598. The van der Waals surface area contributed by atoms with E-state index in [2.05, 4.69) is 26.1 Å². The van der Waals surface area contributed by atoms with E-state index in [1.807, 2.05) is 9.80 Å². The molecule has 114 valence electrons. The van der Waals surface area contributed by atoms with Crippen LogP contribution in [-0.2, 0) is 4.79 Å². The van der Waals surface area contributed by atoms with E-state index in [4.69, 9.17) is 0 Å². The monoisotopic (exact) mass is 281 g/mol. The van der Waals surface area contributed by atoms with Gasteiger partial charge in [-0.2, -0.15) is 0 Å². The van der Waals surface area contributed by atoms with Gasteiger partial charge in [-0.15, -0.1) is 0 Å². The van der Waals surface area contributed by atoms with Crippen molar-refractivity contribution < 1.29 is 9.59 Å². The van der Waals surface area contributed by atoms with E-state index in [9.17, 15) is 9.59 Å². The molecule has 0 aromatic rings. The number of carbonyl (C=O) groups is 2. The number of carbonyl (C=O) groups excluding carboxylic acids is 2. The van der Waals surface area contributed by atoms with Gasteiger partial charge in [0.2, 0.25) is 5.91 Å². The van der Waals surface area contributed by atoms with Crippen molar-refractivity contribution >= 4 is 11.9 Å². The second-order valence-electron chi connectivity index (χ2n) is 7.16. The highest BCUT2D eigenvalue weighted by molar-refractivity contribution is 5.81. The van der Waals surface area contributed by atoms with Crippen LogP contribution in [0.15, 0.2) is 0 Å². The molecule has 0 radical (unpaired) electrons. The Labute approximate surface area is 121 Å². The number of amides is 3. The molecule has 3 amide bonds. The van der Waals surface area contributed by atoms with Crippen molar-refractivity contribution in [3.05, 3.63) is 0 Å². The first kappa shape index (κ1) is 15.1. The molecule has 2 aliphatic rings. The maximum atomic E-state index is 12.1. The molecule has 0 unspecified atom stereocenters. The predicted molar refractivity (Wildman–Crippen MR) is 78.3 cm³/mol. The highest BCUT2D eigenvalue weighted by Gasteiger charge is 2.34. The highest BCUT2D eigenvalue weighted by atomic mass is 16.2. The number of urea groups is 1. The zero-order chi connectivity index (χ0) is 14.8. The average molecular weight is 281 g/mol. The number of nitrogens with one attached hydrogen (secondary N) is 1. The Morgan fingerprint density at radius 1 is 1.05 bits per heavy atom. The van der Waals surface area contributed by atoms with E-state index in [1.165, 1.54) is 0 Å². The van der Waals surface area contributed by atoms with Crippen LogP contribution in [0.2, 0.25) is 0 Å². The lowest BCUT2D eigenvalue weighted by atomic mass is 9.97. The standard InChI is InChI=1S/C15H27N3O2/c1-15(2,3)11-16-14(20)18-8-4-7-17(9-10-18)13(19)12-5-6-12/h12H,4-11H2,1-3H3,(H,16,20). The first-order chi connectivity index (χ1) is 9.37. The molecule has 5 heteroatoms. The van der Waals surface area contributed by atoms with Crippen molar-refractivity contribution in [3.63, 3.8) is 0 Å². The average Bonchev–Trinajstić information content (AvgIpc) is 3.19. The minimum Gasteiger partial charge on any atom is -0.341 e. The van der Waals surface area contributed by atoms with E-state index in [0.717, 1.165) is 32.4 Å². The fourth-order valence-electron chi connectivity index (χ4n) is 2.38. The Hall–Kier alpha value is -1.26. The quantitative estimate of drug-likeness (QED) is 0.837. The lowest BCUT2D eigenvalue weighted by molar-refractivity contribution is -0.132. The van der Waals surface area contributed by atoms with Gasteiger partial charge in [0.25, 0.3) is 0 Å². The Balaban J connectivity index is 1.79. The SMILES string of the molecule is CC(C)(C)CNC(=O)N1CCCN(C(=O)C2CC2)CC1. The Morgan fingerprint density at radius 2 is 1.65 bits per heavy atom. The third kappa shape index (κ3) is 4.39. The number of hydrogen-bond acceptors (Lipinski definition) is 2. The third-order valence-electron chi connectivity index (χ3n) is 3.79. The maximum absolute atomic E-state index is 12.1. The van der Waals surface area contributed by atoms with E-state index >= 15 is 0 Å². The van der Waals surface area contributed by atoms with Crippen molar-refractivity contribution in [2.24, 2.45) is 11.3 Å². The number of nitrogens with zero attached hydrogens (tertiary/aromatic N) is 2. The van der Waals surface area contributed by atoms with Gasteiger partial charge >= 0.3 is 6.03 Å². The smallest absolute Gasteiger partial charge is 0.317 e. The molecule has 1 aliphatic heterocycles. The van der Waals surface area contributed by atoms with E-state index in [0.29, 0.717) is 25.5 Å². The summed E-state index contributed by atoms with van der Waals surface area (Å²) in [5.74, 6) is 0.568. The van der Waals surface area contributed by atoms with Gasteiger partial charge in [0, 0.05) is 38.6 Å². The molecule has 1 aliphatic carbocycles. The highest BCUT2D eigenvalue weighted by Crippen LogP contribution is 2.31. The number of hydrogen-bond donors (Lipinski definition) is 1. The topological polar surface area (TPSA) is 52.7 Å². The van der Waals surface area contributed by atoms with Gasteiger partial charge in [-0.3, -0.25) is 4.79 Å². The molecule has 1 heterocycles. The fraction of sp³-hybridized carbons (Fsp3) is 0.867. The molecule has 1 saturated carbocycles. The molecule has 0 aromatic carbocycles. The van der Waals surface area contributed by atoms with Crippen LogP contribution in [0, 0.1) is 11.3 Å². The normalized spacial score (nSPS) is 20.6. The molecule has 0 aromatic heterocycles. The summed E-state index contributed by atoms with van der Waals surface area (Å²) in [6, 6.07) is 0.000598. The summed E-state index contributed by atoms with van der Waals surface area (Å²) < 4.78 is 0. The van der Waals surface area contributed by atoms with Gasteiger partial charge in [0.1, 0.15) is 0 Å². The lowest BCUT2D eigenvalue weighted by Crippen LogP contribution is -2.45. The van der Waals surface area contributed by atoms with Crippen molar-refractivity contribution in [2.75, 3.05) is 32.7 Å². The van der Waals surface area contributed by atoms with Crippen LogP contribution in [0.4, 0.5) is 4.79 Å². The summed E-state index contributed by atoms with van der Waals surface area (Å²) in [5, 5.41) is 2.98. The van der Waals surface area contributed by atoms with Gasteiger partial charge < -0.3 is 15.1 Å². The van der Waals surface area contributed by atoms with Crippen LogP contribution in [0.25, 0.3) is 0 Å². The summed E-state index contributed by atoms with van der Waals surface area (Å²) >= 11 is 0. The van der Waals surface area contributed by atoms with Crippen LogP contribution in [0.3, 0.4) is 0 Å². The van der Waals surface area contributed by atoms with Crippen molar-refractivity contribution in [2.45, 2.75) is 40.0 Å². The first-order valence-corrected chi connectivity index (χ1v) is 7.68. The molecule has 20 heavy (non-hydrogen) atoms. The molecule has 0 atom stereocenters. The van der Waals surface area contributed by atoms with Gasteiger partial charge in [-0.1, -0.05) is 20.8 Å². The van der Waals surface area contributed by atoms with Crippen LogP contribution < -0.4 is 5.32 Å².